The van der Waals surface area contributed by atoms with Gasteiger partial charge in [0.25, 0.3) is 6.47 Å². The van der Waals surface area contributed by atoms with Crippen molar-refractivity contribution < 1.29 is 19.1 Å². The highest BCUT2D eigenvalue weighted by Crippen LogP contribution is 2.19. The van der Waals surface area contributed by atoms with E-state index in [0.717, 1.165) is 16.3 Å². The Morgan fingerprint density at radius 3 is 2.67 bits per heavy atom. The van der Waals surface area contributed by atoms with E-state index in [2.05, 4.69) is 4.74 Å². The molecule has 0 atom stereocenters. The molecule has 2 aromatic carbocycles. The molecular weight excluding hydrogens is 232 g/mol. The lowest BCUT2D eigenvalue weighted by Gasteiger charge is -2.05. The van der Waals surface area contributed by atoms with Crippen molar-refractivity contribution in [3.63, 3.8) is 0 Å². The van der Waals surface area contributed by atoms with Crippen molar-refractivity contribution >= 4 is 23.2 Å². The van der Waals surface area contributed by atoms with E-state index in [4.69, 9.17) is 4.74 Å². The van der Waals surface area contributed by atoms with Crippen LogP contribution >= 0.6 is 0 Å². The van der Waals surface area contributed by atoms with Gasteiger partial charge in [-0.1, -0.05) is 18.2 Å². The van der Waals surface area contributed by atoms with Crippen LogP contribution < -0.4 is 0 Å². The minimum absolute atomic E-state index is 0.224. The molecule has 0 saturated carbocycles. The van der Waals surface area contributed by atoms with Gasteiger partial charge in [-0.15, -0.1) is 0 Å². The standard InChI is InChI=1S/C14H12O4/c1-17-14(16)12-5-4-11-3-2-10(8-18-9-15)6-13(11)7-12/h2-7,9H,8H2,1H3. The van der Waals surface area contributed by atoms with Crippen LogP contribution in [-0.4, -0.2) is 19.6 Å². The van der Waals surface area contributed by atoms with Gasteiger partial charge in [0, 0.05) is 0 Å². The Morgan fingerprint density at radius 2 is 1.94 bits per heavy atom. The molecule has 0 unspecified atom stereocenters. The molecular formula is C14H12O4. The van der Waals surface area contributed by atoms with Crippen LogP contribution in [0.5, 0.6) is 0 Å². The first-order valence-corrected chi connectivity index (χ1v) is 5.41. The van der Waals surface area contributed by atoms with Crippen LogP contribution in [0.15, 0.2) is 36.4 Å². The third-order valence-electron chi connectivity index (χ3n) is 2.64. The second-order valence-corrected chi connectivity index (χ2v) is 3.80. The molecule has 2 aromatic rings. The predicted octanol–water partition coefficient (Wildman–Crippen LogP) is 2.30. The van der Waals surface area contributed by atoms with Gasteiger partial charge in [-0.3, -0.25) is 4.79 Å². The summed E-state index contributed by atoms with van der Waals surface area (Å²) in [7, 11) is 1.35. The molecule has 0 aromatic heterocycles. The summed E-state index contributed by atoms with van der Waals surface area (Å²) in [6.45, 7) is 0.636. The zero-order valence-electron chi connectivity index (χ0n) is 9.88. The van der Waals surface area contributed by atoms with Crippen molar-refractivity contribution in [2.24, 2.45) is 0 Å². The van der Waals surface area contributed by atoms with Gasteiger partial charge in [0.05, 0.1) is 12.7 Å². The Bertz CT molecular complexity index is 589. The fourth-order valence-corrected chi connectivity index (χ4v) is 1.76. The number of hydrogen-bond acceptors (Lipinski definition) is 4. The quantitative estimate of drug-likeness (QED) is 0.611. The highest BCUT2D eigenvalue weighted by Gasteiger charge is 2.06. The smallest absolute Gasteiger partial charge is 0.337 e. The van der Waals surface area contributed by atoms with E-state index in [1.165, 1.54) is 7.11 Å². The predicted molar refractivity (Wildman–Crippen MR) is 66.1 cm³/mol. The van der Waals surface area contributed by atoms with Crippen molar-refractivity contribution in [1.82, 2.24) is 0 Å². The van der Waals surface area contributed by atoms with Crippen molar-refractivity contribution in [2.45, 2.75) is 6.61 Å². The molecule has 0 spiro atoms. The van der Waals surface area contributed by atoms with E-state index in [9.17, 15) is 9.59 Å². The van der Waals surface area contributed by atoms with Gasteiger partial charge in [-0.25, -0.2) is 4.79 Å². The van der Waals surface area contributed by atoms with Crippen molar-refractivity contribution in [2.75, 3.05) is 7.11 Å². The Morgan fingerprint density at radius 1 is 1.17 bits per heavy atom. The zero-order valence-corrected chi connectivity index (χ0v) is 9.88. The van der Waals surface area contributed by atoms with E-state index in [1.807, 2.05) is 24.3 Å². The molecule has 0 heterocycles. The molecule has 4 heteroatoms. The van der Waals surface area contributed by atoms with Crippen LogP contribution in [0.3, 0.4) is 0 Å². The number of esters is 1. The maximum atomic E-state index is 11.4. The lowest BCUT2D eigenvalue weighted by molar-refractivity contribution is -0.129. The van der Waals surface area contributed by atoms with Gasteiger partial charge >= 0.3 is 5.97 Å². The molecule has 0 aliphatic heterocycles. The van der Waals surface area contributed by atoms with E-state index in [1.54, 1.807) is 12.1 Å². The summed E-state index contributed by atoms with van der Waals surface area (Å²) in [6.07, 6.45) is 0. The Balaban J connectivity index is 2.39. The number of rotatable bonds is 4. The summed E-state index contributed by atoms with van der Waals surface area (Å²) in [4.78, 5) is 21.6. The number of fused-ring (bicyclic) bond motifs is 1. The number of benzene rings is 2. The van der Waals surface area contributed by atoms with Gasteiger partial charge in [0.1, 0.15) is 6.61 Å². The van der Waals surface area contributed by atoms with Crippen molar-refractivity contribution in [1.29, 1.82) is 0 Å². The number of hydrogen-bond donors (Lipinski definition) is 0. The molecule has 0 fully saturated rings. The van der Waals surface area contributed by atoms with Crippen LogP contribution in [0.4, 0.5) is 0 Å². The van der Waals surface area contributed by atoms with Crippen molar-refractivity contribution in [3.05, 3.63) is 47.5 Å². The molecule has 0 bridgehead atoms. The van der Waals surface area contributed by atoms with Gasteiger partial charge in [-0.2, -0.15) is 0 Å². The van der Waals surface area contributed by atoms with Crippen LogP contribution in [0, 0.1) is 0 Å². The molecule has 4 nitrogen and oxygen atoms in total. The molecule has 2 rings (SSSR count). The number of ether oxygens (including phenoxy) is 2. The third-order valence-corrected chi connectivity index (χ3v) is 2.64. The summed E-state index contributed by atoms with van der Waals surface area (Å²) in [6, 6.07) is 11.0. The van der Waals surface area contributed by atoms with E-state index in [0.29, 0.717) is 12.0 Å². The lowest BCUT2D eigenvalue weighted by Crippen LogP contribution is -2.00. The minimum atomic E-state index is -0.369. The second kappa shape index (κ2) is 5.31. The summed E-state index contributed by atoms with van der Waals surface area (Å²) >= 11 is 0. The van der Waals surface area contributed by atoms with Crippen LogP contribution in [0.2, 0.25) is 0 Å². The molecule has 92 valence electrons. The van der Waals surface area contributed by atoms with E-state index in [-0.39, 0.29) is 12.6 Å². The lowest BCUT2D eigenvalue weighted by atomic mass is 10.0. The largest absolute Gasteiger partial charge is 0.465 e. The molecule has 0 amide bonds. The fraction of sp³-hybridized carbons (Fsp3) is 0.143. The molecule has 0 N–H and O–H groups in total. The second-order valence-electron chi connectivity index (χ2n) is 3.80. The SMILES string of the molecule is COC(=O)c1ccc2ccc(COC=O)cc2c1. The monoisotopic (exact) mass is 244 g/mol. The van der Waals surface area contributed by atoms with Crippen molar-refractivity contribution in [3.8, 4) is 0 Å². The van der Waals surface area contributed by atoms with Gasteiger partial charge in [-0.05, 0) is 34.5 Å². The maximum absolute atomic E-state index is 11.4. The summed E-state index contributed by atoms with van der Waals surface area (Å²) in [5.41, 5.74) is 1.37. The highest BCUT2D eigenvalue weighted by atomic mass is 16.5. The average Bonchev–Trinajstić information content (AvgIpc) is 2.43. The molecule has 0 saturated heterocycles. The molecule has 18 heavy (non-hydrogen) atoms. The Labute approximate surface area is 104 Å². The average molecular weight is 244 g/mol. The number of carbonyl (C=O) groups is 2. The number of carbonyl (C=O) groups excluding carboxylic acids is 2. The van der Waals surface area contributed by atoms with Crippen LogP contribution in [-0.2, 0) is 20.9 Å². The van der Waals surface area contributed by atoms with Gasteiger partial charge < -0.3 is 9.47 Å². The zero-order chi connectivity index (χ0) is 13.0. The van der Waals surface area contributed by atoms with Crippen LogP contribution in [0.25, 0.3) is 10.8 Å². The first-order chi connectivity index (χ1) is 8.74. The molecule has 0 radical (unpaired) electrons. The maximum Gasteiger partial charge on any atom is 0.337 e. The first-order valence-electron chi connectivity index (χ1n) is 5.41. The normalized spacial score (nSPS) is 10.1. The molecule has 0 aliphatic rings. The topological polar surface area (TPSA) is 52.6 Å². The fourth-order valence-electron chi connectivity index (χ4n) is 1.76. The summed E-state index contributed by atoms with van der Waals surface area (Å²) < 4.78 is 9.37. The first kappa shape index (κ1) is 12.1. The minimum Gasteiger partial charge on any atom is -0.465 e. The van der Waals surface area contributed by atoms with E-state index < -0.39 is 0 Å². The van der Waals surface area contributed by atoms with E-state index >= 15 is 0 Å². The summed E-state index contributed by atoms with van der Waals surface area (Å²) in [5.74, 6) is -0.369. The third kappa shape index (κ3) is 2.48. The van der Waals surface area contributed by atoms with Crippen LogP contribution in [0.1, 0.15) is 15.9 Å². The highest BCUT2D eigenvalue weighted by molar-refractivity contribution is 5.95. The Hall–Kier alpha value is -2.36. The summed E-state index contributed by atoms with van der Waals surface area (Å²) in [5, 5.41) is 1.92. The molecule has 0 aliphatic carbocycles. The number of methoxy groups -OCH3 is 1. The Kier molecular flexibility index (Phi) is 3.57. The van der Waals surface area contributed by atoms with Gasteiger partial charge in [0.2, 0.25) is 0 Å². The van der Waals surface area contributed by atoms with Gasteiger partial charge in [0.15, 0.2) is 0 Å².